The number of carbonyl (C=O) groups is 1. The Morgan fingerprint density at radius 2 is 2.00 bits per heavy atom. The minimum absolute atomic E-state index is 0.244. The topological polar surface area (TPSA) is 90.4 Å². The van der Waals surface area contributed by atoms with E-state index in [0.717, 1.165) is 43.5 Å². The lowest BCUT2D eigenvalue weighted by atomic mass is 9.85. The highest BCUT2D eigenvalue weighted by Gasteiger charge is 2.29. The molecule has 8 heteroatoms. The number of hydrogen-bond acceptors (Lipinski definition) is 6. The monoisotopic (exact) mass is 417 g/mol. The van der Waals surface area contributed by atoms with E-state index in [2.05, 4.69) is 20.6 Å². The molecule has 0 unspecified atom stereocenters. The Hall–Kier alpha value is -2.38. The number of aromatic nitrogens is 2. The summed E-state index contributed by atoms with van der Waals surface area (Å²) in [5.41, 5.74) is 1.17. The molecule has 0 aliphatic heterocycles. The van der Waals surface area contributed by atoms with Gasteiger partial charge in [0.15, 0.2) is 0 Å². The molecule has 1 fully saturated rings. The fraction of sp³-hybridized carbons (Fsp3) is 0.476. The Kier molecular flexibility index (Phi) is 6.92. The van der Waals surface area contributed by atoms with Gasteiger partial charge in [-0.05, 0) is 37.1 Å². The van der Waals surface area contributed by atoms with Crippen molar-refractivity contribution in [3.63, 3.8) is 0 Å². The molecule has 1 amide bonds. The lowest BCUT2D eigenvalue weighted by Crippen LogP contribution is -2.44. The maximum Gasteiger partial charge on any atom is 0.252 e. The minimum atomic E-state index is -0.812. The van der Waals surface area contributed by atoms with Crippen molar-refractivity contribution in [3.05, 3.63) is 46.7 Å². The molecular formula is C21H28ClN5O2. The van der Waals surface area contributed by atoms with Gasteiger partial charge >= 0.3 is 0 Å². The highest BCUT2D eigenvalue weighted by Crippen LogP contribution is 2.28. The van der Waals surface area contributed by atoms with Crippen LogP contribution in [-0.2, 0) is 6.54 Å². The Morgan fingerprint density at radius 3 is 2.72 bits per heavy atom. The summed E-state index contributed by atoms with van der Waals surface area (Å²) in [5.74, 6) is 0.357. The summed E-state index contributed by atoms with van der Waals surface area (Å²) in [5, 5.41) is 17.1. The van der Waals surface area contributed by atoms with Crippen LogP contribution in [0.2, 0.25) is 5.02 Å². The van der Waals surface area contributed by atoms with Crippen LogP contribution in [0.5, 0.6) is 0 Å². The van der Waals surface area contributed by atoms with E-state index in [1.54, 1.807) is 18.3 Å². The molecule has 3 rings (SSSR count). The van der Waals surface area contributed by atoms with Crippen LogP contribution in [0.1, 0.15) is 48.2 Å². The summed E-state index contributed by atoms with van der Waals surface area (Å²) in [6.45, 7) is 0.736. The number of amides is 1. The summed E-state index contributed by atoms with van der Waals surface area (Å²) in [4.78, 5) is 23.2. The summed E-state index contributed by atoms with van der Waals surface area (Å²) < 4.78 is 0. The fourth-order valence-corrected chi connectivity index (χ4v) is 3.63. The van der Waals surface area contributed by atoms with Gasteiger partial charge in [0.25, 0.3) is 5.91 Å². The molecule has 156 valence electrons. The Morgan fingerprint density at radius 1 is 1.24 bits per heavy atom. The largest absolute Gasteiger partial charge is 0.388 e. The fourth-order valence-electron chi connectivity index (χ4n) is 3.43. The van der Waals surface area contributed by atoms with Gasteiger partial charge < -0.3 is 20.6 Å². The number of anilines is 2. The second kappa shape index (κ2) is 9.41. The first-order valence-corrected chi connectivity index (χ1v) is 10.3. The van der Waals surface area contributed by atoms with Gasteiger partial charge in [0.2, 0.25) is 5.95 Å². The second-order valence-corrected chi connectivity index (χ2v) is 8.17. The first-order valence-electron chi connectivity index (χ1n) is 9.90. The van der Waals surface area contributed by atoms with Gasteiger partial charge in [-0.25, -0.2) is 9.97 Å². The van der Waals surface area contributed by atoms with Crippen LogP contribution in [0.4, 0.5) is 11.6 Å². The molecule has 3 N–H and O–H groups in total. The number of rotatable bonds is 7. The molecule has 1 saturated carbocycles. The summed E-state index contributed by atoms with van der Waals surface area (Å²) in [6, 6.07) is 7.08. The predicted octanol–water partition coefficient (Wildman–Crippen LogP) is 3.23. The Balaban J connectivity index is 1.63. The molecule has 1 aliphatic carbocycles. The van der Waals surface area contributed by atoms with E-state index in [4.69, 9.17) is 11.6 Å². The van der Waals surface area contributed by atoms with Gasteiger partial charge in [-0.15, -0.1) is 0 Å². The first-order chi connectivity index (χ1) is 13.9. The van der Waals surface area contributed by atoms with Crippen LogP contribution in [0.15, 0.2) is 30.5 Å². The average molecular weight is 418 g/mol. The maximum absolute atomic E-state index is 12.6. The van der Waals surface area contributed by atoms with E-state index in [-0.39, 0.29) is 12.5 Å². The highest BCUT2D eigenvalue weighted by molar-refractivity contribution is 6.34. The molecule has 0 spiro atoms. The molecule has 0 radical (unpaired) electrons. The Bertz CT molecular complexity index is 853. The van der Waals surface area contributed by atoms with Crippen LogP contribution in [0, 0.1) is 0 Å². The molecule has 0 bridgehead atoms. The third-order valence-electron chi connectivity index (χ3n) is 5.15. The smallest absolute Gasteiger partial charge is 0.252 e. The maximum atomic E-state index is 12.6. The zero-order valence-electron chi connectivity index (χ0n) is 16.9. The number of nitrogens with zero attached hydrogens (tertiary/aromatic N) is 3. The van der Waals surface area contributed by atoms with Crippen molar-refractivity contribution in [2.75, 3.05) is 30.9 Å². The molecule has 1 heterocycles. The third kappa shape index (κ3) is 5.81. The van der Waals surface area contributed by atoms with Crippen molar-refractivity contribution in [1.82, 2.24) is 15.3 Å². The average Bonchev–Trinajstić information content (AvgIpc) is 2.72. The number of hydrogen-bond donors (Lipinski definition) is 3. The number of nitrogens with one attached hydrogen (secondary N) is 2. The Labute approximate surface area is 176 Å². The zero-order chi connectivity index (χ0) is 20.9. The van der Waals surface area contributed by atoms with Gasteiger partial charge in [0.1, 0.15) is 0 Å². The minimum Gasteiger partial charge on any atom is -0.388 e. The standard InChI is InChI=1S/C21H28ClN5O2/c1-27(2)20-23-11-8-16(26-20)13-24-15-6-7-18(22)17(12-15)19(28)25-14-21(29)9-4-3-5-10-21/h6-8,11-12,24,29H,3-5,9-10,13-14H2,1-2H3,(H,25,28). The van der Waals surface area contributed by atoms with Crippen molar-refractivity contribution >= 4 is 29.1 Å². The highest BCUT2D eigenvalue weighted by atomic mass is 35.5. The molecule has 1 aromatic heterocycles. The van der Waals surface area contributed by atoms with Gasteiger partial charge in [-0.3, -0.25) is 4.79 Å². The zero-order valence-corrected chi connectivity index (χ0v) is 17.7. The normalized spacial score (nSPS) is 15.6. The van der Waals surface area contributed by atoms with Crippen LogP contribution in [0.25, 0.3) is 0 Å². The third-order valence-corrected chi connectivity index (χ3v) is 5.48. The molecule has 29 heavy (non-hydrogen) atoms. The van der Waals surface area contributed by atoms with Crippen molar-refractivity contribution in [2.45, 2.75) is 44.2 Å². The lowest BCUT2D eigenvalue weighted by molar-refractivity contribution is 0.00526. The number of carbonyl (C=O) groups excluding carboxylic acids is 1. The van der Waals surface area contributed by atoms with Crippen LogP contribution < -0.4 is 15.5 Å². The molecule has 1 aromatic carbocycles. The van der Waals surface area contributed by atoms with Crippen LogP contribution >= 0.6 is 11.6 Å². The molecule has 1 aliphatic rings. The molecule has 2 aromatic rings. The van der Waals surface area contributed by atoms with Crippen molar-refractivity contribution in [3.8, 4) is 0 Å². The van der Waals surface area contributed by atoms with Gasteiger partial charge in [-0.1, -0.05) is 30.9 Å². The quantitative estimate of drug-likeness (QED) is 0.640. The number of aliphatic hydroxyl groups is 1. The van der Waals surface area contributed by atoms with Gasteiger partial charge in [0, 0.05) is 32.5 Å². The summed E-state index contributed by atoms with van der Waals surface area (Å²) in [7, 11) is 3.78. The molecule has 0 atom stereocenters. The number of halogens is 1. The van der Waals surface area contributed by atoms with Crippen molar-refractivity contribution < 1.29 is 9.90 Å². The second-order valence-electron chi connectivity index (χ2n) is 7.76. The molecular weight excluding hydrogens is 390 g/mol. The van der Waals surface area contributed by atoms with Gasteiger partial charge in [0.05, 0.1) is 28.4 Å². The summed E-state index contributed by atoms with van der Waals surface area (Å²) in [6.07, 6.45) is 6.28. The molecule has 7 nitrogen and oxygen atoms in total. The predicted molar refractivity (Wildman–Crippen MR) is 116 cm³/mol. The number of benzene rings is 1. The lowest BCUT2D eigenvalue weighted by Gasteiger charge is -2.32. The first kappa shape index (κ1) is 21.3. The van der Waals surface area contributed by atoms with E-state index in [1.807, 2.05) is 31.1 Å². The van der Waals surface area contributed by atoms with Crippen molar-refractivity contribution in [2.24, 2.45) is 0 Å². The SMILES string of the molecule is CN(C)c1nccc(CNc2ccc(Cl)c(C(=O)NCC3(O)CCCCC3)c2)n1. The van der Waals surface area contributed by atoms with E-state index < -0.39 is 5.60 Å². The van der Waals surface area contributed by atoms with E-state index in [0.29, 0.717) is 23.1 Å². The van der Waals surface area contributed by atoms with Crippen molar-refractivity contribution in [1.29, 1.82) is 0 Å². The van der Waals surface area contributed by atoms with E-state index >= 15 is 0 Å². The van der Waals surface area contributed by atoms with E-state index in [1.165, 1.54) is 0 Å². The summed E-state index contributed by atoms with van der Waals surface area (Å²) >= 11 is 6.24. The van der Waals surface area contributed by atoms with E-state index in [9.17, 15) is 9.90 Å². The van der Waals surface area contributed by atoms with Crippen LogP contribution in [-0.4, -0.2) is 47.2 Å². The molecule has 0 saturated heterocycles. The van der Waals surface area contributed by atoms with Crippen LogP contribution in [0.3, 0.4) is 0 Å². The van der Waals surface area contributed by atoms with Gasteiger partial charge in [-0.2, -0.15) is 0 Å².